The van der Waals surface area contributed by atoms with Crippen LogP contribution in [-0.2, 0) is 4.79 Å². The number of amides is 2. The van der Waals surface area contributed by atoms with E-state index < -0.39 is 0 Å². The summed E-state index contributed by atoms with van der Waals surface area (Å²) < 4.78 is 5.92. The van der Waals surface area contributed by atoms with E-state index in [2.05, 4.69) is 10.6 Å². The lowest BCUT2D eigenvalue weighted by atomic mass is 10.1. The zero-order valence-corrected chi connectivity index (χ0v) is 16.8. The Morgan fingerprint density at radius 3 is 2.87 bits per heavy atom. The minimum absolute atomic E-state index is 0.157. The molecule has 4 N–H and O–H groups in total. The molecule has 0 saturated heterocycles. The summed E-state index contributed by atoms with van der Waals surface area (Å²) in [6.45, 7) is 1.06. The number of furan rings is 1. The molecular weight excluding hydrogens is 402 g/mol. The lowest BCUT2D eigenvalue weighted by Gasteiger charge is -2.05. The maximum Gasteiger partial charge on any atom is 0.256 e. The summed E-state index contributed by atoms with van der Waals surface area (Å²) in [5.41, 5.74) is 8.71. The first-order valence-electron chi connectivity index (χ1n) is 9.56. The van der Waals surface area contributed by atoms with Crippen LogP contribution in [0, 0.1) is 0 Å². The second-order valence-corrected chi connectivity index (χ2v) is 7.32. The van der Waals surface area contributed by atoms with Gasteiger partial charge in [-0.3, -0.25) is 9.59 Å². The van der Waals surface area contributed by atoms with E-state index in [1.807, 2.05) is 12.1 Å². The molecule has 2 heterocycles. The fourth-order valence-electron chi connectivity index (χ4n) is 3.25. The zero-order valence-electron chi connectivity index (χ0n) is 16.1. The molecule has 6 nitrogen and oxygen atoms in total. The number of rotatable bonds is 6. The first-order valence-corrected chi connectivity index (χ1v) is 9.94. The van der Waals surface area contributed by atoms with E-state index in [0.29, 0.717) is 40.8 Å². The lowest BCUT2D eigenvalue weighted by Crippen LogP contribution is -2.25. The molecule has 0 saturated carbocycles. The van der Waals surface area contributed by atoms with E-state index in [4.69, 9.17) is 21.8 Å². The molecule has 1 aromatic heterocycles. The van der Waals surface area contributed by atoms with Gasteiger partial charge in [-0.25, -0.2) is 0 Å². The molecule has 4 rings (SSSR count). The highest BCUT2D eigenvalue weighted by Gasteiger charge is 2.24. The number of anilines is 1. The van der Waals surface area contributed by atoms with Crippen LogP contribution in [0.4, 0.5) is 5.69 Å². The predicted molar refractivity (Wildman–Crippen MR) is 118 cm³/mol. The van der Waals surface area contributed by atoms with Crippen molar-refractivity contribution in [2.45, 2.75) is 6.42 Å². The van der Waals surface area contributed by atoms with Crippen molar-refractivity contribution in [2.75, 3.05) is 18.4 Å². The lowest BCUT2D eigenvalue weighted by molar-refractivity contribution is -0.110. The number of halogens is 1. The van der Waals surface area contributed by atoms with Crippen molar-refractivity contribution >= 4 is 40.8 Å². The average molecular weight is 422 g/mol. The highest BCUT2D eigenvalue weighted by atomic mass is 35.5. The Labute approximate surface area is 178 Å². The molecule has 0 atom stereocenters. The fraction of sp³-hybridized carbons (Fsp3) is 0.130. The van der Waals surface area contributed by atoms with Crippen LogP contribution in [-0.4, -0.2) is 24.9 Å². The van der Waals surface area contributed by atoms with Gasteiger partial charge in [-0.15, -0.1) is 0 Å². The molecule has 0 fully saturated rings. The molecule has 0 bridgehead atoms. The van der Waals surface area contributed by atoms with E-state index in [0.717, 1.165) is 23.2 Å². The van der Waals surface area contributed by atoms with Gasteiger partial charge in [0.2, 0.25) is 0 Å². The molecule has 3 aromatic rings. The molecule has 0 aliphatic carbocycles. The summed E-state index contributed by atoms with van der Waals surface area (Å²) >= 11 is 6.08. The molecule has 2 aromatic carbocycles. The second-order valence-electron chi connectivity index (χ2n) is 6.88. The van der Waals surface area contributed by atoms with E-state index in [1.165, 1.54) is 0 Å². The predicted octanol–water partition coefficient (Wildman–Crippen LogP) is 4.17. The summed E-state index contributed by atoms with van der Waals surface area (Å²) in [5, 5.41) is 6.20. The van der Waals surface area contributed by atoms with Gasteiger partial charge in [0.15, 0.2) is 0 Å². The van der Waals surface area contributed by atoms with Crippen molar-refractivity contribution < 1.29 is 14.0 Å². The Balaban J connectivity index is 1.58. The van der Waals surface area contributed by atoms with Crippen molar-refractivity contribution in [1.82, 2.24) is 5.32 Å². The number of benzene rings is 2. The van der Waals surface area contributed by atoms with E-state index in [1.54, 1.807) is 48.5 Å². The first-order chi connectivity index (χ1) is 14.5. The Hall–Kier alpha value is -3.35. The Morgan fingerprint density at radius 1 is 1.17 bits per heavy atom. The molecule has 0 unspecified atom stereocenters. The summed E-state index contributed by atoms with van der Waals surface area (Å²) in [6, 6.07) is 16.0. The second kappa shape index (κ2) is 8.57. The number of hydrogen-bond donors (Lipinski definition) is 3. The smallest absolute Gasteiger partial charge is 0.256 e. The van der Waals surface area contributed by atoms with Crippen LogP contribution in [0.1, 0.15) is 28.1 Å². The van der Waals surface area contributed by atoms with Crippen molar-refractivity contribution in [3.8, 4) is 11.3 Å². The highest BCUT2D eigenvalue weighted by molar-refractivity contribution is 6.36. The minimum atomic E-state index is -0.207. The van der Waals surface area contributed by atoms with Gasteiger partial charge in [-0.1, -0.05) is 23.7 Å². The summed E-state index contributed by atoms with van der Waals surface area (Å²) in [5.74, 6) is 0.764. The van der Waals surface area contributed by atoms with Crippen LogP contribution in [0.3, 0.4) is 0 Å². The molecule has 2 amide bonds. The summed E-state index contributed by atoms with van der Waals surface area (Å²) in [6.07, 6.45) is 2.41. The van der Waals surface area contributed by atoms with Gasteiger partial charge >= 0.3 is 0 Å². The average Bonchev–Trinajstić information content (AvgIpc) is 3.33. The first kappa shape index (κ1) is 19.9. The summed E-state index contributed by atoms with van der Waals surface area (Å²) in [4.78, 5) is 24.6. The maximum absolute atomic E-state index is 12.3. The van der Waals surface area contributed by atoms with Gasteiger partial charge in [-0.2, -0.15) is 0 Å². The fourth-order valence-corrected chi connectivity index (χ4v) is 3.42. The minimum Gasteiger partial charge on any atom is -0.457 e. The Kier molecular flexibility index (Phi) is 5.70. The van der Waals surface area contributed by atoms with Gasteiger partial charge in [0.05, 0.1) is 5.57 Å². The molecule has 30 heavy (non-hydrogen) atoms. The quantitative estimate of drug-likeness (QED) is 0.411. The van der Waals surface area contributed by atoms with Gasteiger partial charge in [0.25, 0.3) is 11.8 Å². The van der Waals surface area contributed by atoms with E-state index in [-0.39, 0.29) is 11.8 Å². The van der Waals surface area contributed by atoms with Crippen molar-refractivity contribution in [2.24, 2.45) is 5.73 Å². The molecule has 0 radical (unpaired) electrons. The van der Waals surface area contributed by atoms with Gasteiger partial charge in [-0.05, 0) is 61.5 Å². The molecule has 0 spiro atoms. The molecule has 7 heteroatoms. The SMILES string of the molecule is NCCCNC(=O)c1cccc(-c2ccc(/C=C3/C(=O)Nc4ccc(Cl)cc43)o2)c1. The Morgan fingerprint density at radius 2 is 2.03 bits per heavy atom. The van der Waals surface area contributed by atoms with Crippen molar-refractivity contribution in [1.29, 1.82) is 0 Å². The monoisotopic (exact) mass is 421 g/mol. The highest BCUT2D eigenvalue weighted by Crippen LogP contribution is 2.35. The third-order valence-corrected chi connectivity index (χ3v) is 4.99. The number of hydrogen-bond acceptors (Lipinski definition) is 4. The standard InChI is InChI=1S/C23H20ClN3O3/c24-16-5-7-20-18(12-16)19(23(29)27-20)13-17-6-8-21(30-17)14-3-1-4-15(11-14)22(28)26-10-2-9-25/h1,3-8,11-13H,2,9-10,25H2,(H,26,28)(H,27,29)/b19-13+. The zero-order chi connectivity index (χ0) is 21.1. The third-order valence-electron chi connectivity index (χ3n) is 4.75. The third kappa shape index (κ3) is 4.15. The number of nitrogens with one attached hydrogen (secondary N) is 2. The molecule has 1 aliphatic heterocycles. The van der Waals surface area contributed by atoms with E-state index >= 15 is 0 Å². The van der Waals surface area contributed by atoms with Crippen molar-refractivity contribution in [3.63, 3.8) is 0 Å². The topological polar surface area (TPSA) is 97.4 Å². The number of carbonyl (C=O) groups is 2. The maximum atomic E-state index is 12.3. The van der Waals surface area contributed by atoms with Crippen LogP contribution in [0.2, 0.25) is 5.02 Å². The molecular formula is C23H20ClN3O3. The van der Waals surface area contributed by atoms with Crippen LogP contribution in [0.15, 0.2) is 59.0 Å². The normalized spacial score (nSPS) is 13.9. The van der Waals surface area contributed by atoms with Crippen LogP contribution < -0.4 is 16.4 Å². The Bertz CT molecular complexity index is 1150. The van der Waals surface area contributed by atoms with Gasteiger partial charge in [0, 0.05) is 33.9 Å². The number of carbonyl (C=O) groups excluding carboxylic acids is 2. The number of nitrogens with two attached hydrogens (primary N) is 1. The summed E-state index contributed by atoms with van der Waals surface area (Å²) in [7, 11) is 0. The molecule has 152 valence electrons. The largest absolute Gasteiger partial charge is 0.457 e. The van der Waals surface area contributed by atoms with Crippen LogP contribution >= 0.6 is 11.6 Å². The van der Waals surface area contributed by atoms with Crippen molar-refractivity contribution in [3.05, 3.63) is 76.5 Å². The van der Waals surface area contributed by atoms with Crippen LogP contribution in [0.25, 0.3) is 23.0 Å². The molecule has 1 aliphatic rings. The van der Waals surface area contributed by atoms with Gasteiger partial charge < -0.3 is 20.8 Å². The number of fused-ring (bicyclic) bond motifs is 1. The van der Waals surface area contributed by atoms with Crippen LogP contribution in [0.5, 0.6) is 0 Å². The van der Waals surface area contributed by atoms with E-state index in [9.17, 15) is 9.59 Å². The van der Waals surface area contributed by atoms with Gasteiger partial charge in [0.1, 0.15) is 11.5 Å².